The number of aryl methyl sites for hydroxylation is 1. The van der Waals surface area contributed by atoms with E-state index in [0.717, 1.165) is 17.9 Å². The van der Waals surface area contributed by atoms with Crippen molar-refractivity contribution < 1.29 is 14.2 Å². The van der Waals surface area contributed by atoms with E-state index in [0.29, 0.717) is 42.0 Å². The Morgan fingerprint density at radius 1 is 1.38 bits per heavy atom. The molecule has 0 spiro atoms. The Bertz CT molecular complexity index is 707. The second-order valence-corrected chi connectivity index (χ2v) is 6.03. The lowest BCUT2D eigenvalue weighted by atomic mass is 10.1. The molecular weight excluding hydrogens is 332 g/mol. The number of aromatic nitrogens is 3. The Morgan fingerprint density at radius 3 is 2.88 bits per heavy atom. The van der Waals surface area contributed by atoms with Crippen molar-refractivity contribution in [2.24, 2.45) is 0 Å². The van der Waals surface area contributed by atoms with Gasteiger partial charge < -0.3 is 14.2 Å². The number of hydrogen-bond acceptors (Lipinski definition) is 6. The first-order valence-electron chi connectivity index (χ1n) is 7.74. The molecule has 1 unspecified atom stereocenters. The second kappa shape index (κ2) is 7.38. The zero-order valence-electron chi connectivity index (χ0n) is 14.0. The summed E-state index contributed by atoms with van der Waals surface area (Å²) in [5, 5.41) is 7.63. The fourth-order valence-electron chi connectivity index (χ4n) is 2.80. The molecule has 7 nitrogen and oxygen atoms in total. The van der Waals surface area contributed by atoms with Crippen LogP contribution in [0.4, 0.5) is 0 Å². The highest BCUT2D eigenvalue weighted by molar-refractivity contribution is 6.33. The van der Waals surface area contributed by atoms with Gasteiger partial charge in [-0.25, -0.2) is 4.98 Å². The molecule has 0 bridgehead atoms. The molecule has 1 N–H and O–H groups in total. The third-order valence-electron chi connectivity index (χ3n) is 4.01. The number of H-pyrrole nitrogens is 1. The van der Waals surface area contributed by atoms with E-state index in [9.17, 15) is 0 Å². The minimum Gasteiger partial charge on any atom is -0.493 e. The third kappa shape index (κ3) is 3.48. The minimum absolute atomic E-state index is 0.136. The topological polar surface area (TPSA) is 72.5 Å². The number of halogens is 1. The average molecular weight is 353 g/mol. The second-order valence-electron chi connectivity index (χ2n) is 5.65. The van der Waals surface area contributed by atoms with Gasteiger partial charge in [-0.2, -0.15) is 5.10 Å². The van der Waals surface area contributed by atoms with E-state index in [1.54, 1.807) is 14.2 Å². The molecule has 24 heavy (non-hydrogen) atoms. The van der Waals surface area contributed by atoms with Gasteiger partial charge in [-0.1, -0.05) is 17.7 Å². The average Bonchev–Trinajstić information content (AvgIpc) is 3.03. The third-order valence-corrected chi connectivity index (χ3v) is 4.43. The van der Waals surface area contributed by atoms with Gasteiger partial charge in [0.2, 0.25) is 0 Å². The molecule has 0 amide bonds. The number of hydrogen-bond donors (Lipinski definition) is 1. The van der Waals surface area contributed by atoms with Crippen LogP contribution in [0.25, 0.3) is 0 Å². The molecule has 1 aromatic carbocycles. The van der Waals surface area contributed by atoms with Crippen molar-refractivity contribution in [3.05, 3.63) is 34.4 Å². The lowest BCUT2D eigenvalue weighted by Gasteiger charge is -2.31. The number of methoxy groups -OCH3 is 2. The fourth-order valence-corrected chi connectivity index (χ4v) is 3.09. The van der Waals surface area contributed by atoms with Crippen LogP contribution >= 0.6 is 11.6 Å². The first-order chi connectivity index (χ1) is 11.6. The van der Waals surface area contributed by atoms with Gasteiger partial charge in [0, 0.05) is 19.6 Å². The summed E-state index contributed by atoms with van der Waals surface area (Å²) in [5.74, 6) is 2.66. The molecule has 0 aliphatic carbocycles. The normalized spacial score (nSPS) is 18.6. The van der Waals surface area contributed by atoms with E-state index in [2.05, 4.69) is 20.1 Å². The molecule has 3 rings (SSSR count). The lowest BCUT2D eigenvalue weighted by Crippen LogP contribution is -2.38. The summed E-state index contributed by atoms with van der Waals surface area (Å²) in [4.78, 5) is 6.63. The molecule has 1 fully saturated rings. The van der Waals surface area contributed by atoms with Crippen LogP contribution in [0.15, 0.2) is 12.1 Å². The minimum atomic E-state index is -0.136. The van der Waals surface area contributed by atoms with Gasteiger partial charge in [0.05, 0.1) is 25.8 Å². The molecule has 1 aliphatic heterocycles. The van der Waals surface area contributed by atoms with Crippen LogP contribution in [-0.4, -0.2) is 54.0 Å². The van der Waals surface area contributed by atoms with Gasteiger partial charge >= 0.3 is 0 Å². The number of nitrogens with zero attached hydrogens (tertiary/aromatic N) is 3. The quantitative estimate of drug-likeness (QED) is 0.890. The van der Waals surface area contributed by atoms with Crippen molar-refractivity contribution in [2.75, 3.05) is 33.9 Å². The summed E-state index contributed by atoms with van der Waals surface area (Å²) in [6.45, 7) is 4.73. The summed E-state index contributed by atoms with van der Waals surface area (Å²) in [5.41, 5.74) is 0.987. The van der Waals surface area contributed by atoms with E-state index in [1.165, 1.54) is 0 Å². The Morgan fingerprint density at radius 2 is 2.21 bits per heavy atom. The maximum Gasteiger partial charge on any atom is 0.180 e. The van der Waals surface area contributed by atoms with Gasteiger partial charge in [-0.3, -0.25) is 10.00 Å². The predicted molar refractivity (Wildman–Crippen MR) is 89.6 cm³/mol. The van der Waals surface area contributed by atoms with Gasteiger partial charge in [-0.05, 0) is 18.6 Å². The summed E-state index contributed by atoms with van der Waals surface area (Å²) in [6, 6.07) is 3.84. The fraction of sp³-hybridized carbons (Fsp3) is 0.500. The van der Waals surface area contributed by atoms with E-state index in [-0.39, 0.29) is 6.10 Å². The summed E-state index contributed by atoms with van der Waals surface area (Å²) < 4.78 is 16.4. The van der Waals surface area contributed by atoms with Crippen LogP contribution in [0.5, 0.6) is 11.5 Å². The van der Waals surface area contributed by atoms with Crippen molar-refractivity contribution in [1.29, 1.82) is 0 Å². The highest BCUT2D eigenvalue weighted by Crippen LogP contribution is 2.38. The van der Waals surface area contributed by atoms with Crippen molar-refractivity contribution in [3.8, 4) is 11.5 Å². The molecule has 130 valence electrons. The molecule has 8 heteroatoms. The van der Waals surface area contributed by atoms with Crippen LogP contribution in [0, 0.1) is 6.92 Å². The van der Waals surface area contributed by atoms with Crippen LogP contribution in [-0.2, 0) is 11.3 Å². The Hall–Kier alpha value is -1.83. The molecule has 0 saturated carbocycles. The summed E-state index contributed by atoms with van der Waals surface area (Å²) >= 11 is 6.48. The molecule has 1 aromatic heterocycles. The number of morpholine rings is 1. The van der Waals surface area contributed by atoms with Crippen LogP contribution in [0.1, 0.15) is 23.3 Å². The predicted octanol–water partition coefficient (Wildman–Crippen LogP) is 2.36. The van der Waals surface area contributed by atoms with E-state index in [1.807, 2.05) is 19.1 Å². The van der Waals surface area contributed by atoms with E-state index < -0.39 is 0 Å². The standard InChI is InChI=1S/C16H21ClN4O3/c1-10-18-16(20-19-10)13-9-21(6-7-24-13)8-11-4-5-12(22-2)15(23-3)14(11)17/h4-5,13H,6-9H2,1-3H3,(H,18,19,20). The smallest absolute Gasteiger partial charge is 0.180 e. The van der Waals surface area contributed by atoms with Gasteiger partial charge in [-0.15, -0.1) is 0 Å². The van der Waals surface area contributed by atoms with Crippen molar-refractivity contribution >= 4 is 11.6 Å². The summed E-state index contributed by atoms with van der Waals surface area (Å²) in [7, 11) is 3.18. The molecular formula is C16H21ClN4O3. The van der Waals surface area contributed by atoms with Crippen LogP contribution < -0.4 is 9.47 Å². The molecule has 1 atom stereocenters. The lowest BCUT2D eigenvalue weighted by molar-refractivity contribution is -0.0370. The maximum absolute atomic E-state index is 6.48. The summed E-state index contributed by atoms with van der Waals surface area (Å²) in [6.07, 6.45) is -0.136. The number of benzene rings is 1. The van der Waals surface area contributed by atoms with Crippen molar-refractivity contribution in [1.82, 2.24) is 20.1 Å². The number of nitrogens with one attached hydrogen (secondary N) is 1. The molecule has 2 aromatic rings. The Kier molecular flexibility index (Phi) is 5.23. The first kappa shape index (κ1) is 17.0. The SMILES string of the molecule is COc1ccc(CN2CCOC(c3n[nH]c(C)n3)C2)c(Cl)c1OC. The highest BCUT2D eigenvalue weighted by atomic mass is 35.5. The largest absolute Gasteiger partial charge is 0.493 e. The first-order valence-corrected chi connectivity index (χ1v) is 8.12. The van der Waals surface area contributed by atoms with Crippen molar-refractivity contribution in [3.63, 3.8) is 0 Å². The number of rotatable bonds is 5. The van der Waals surface area contributed by atoms with Gasteiger partial charge in [0.25, 0.3) is 0 Å². The molecule has 1 aliphatic rings. The zero-order valence-corrected chi connectivity index (χ0v) is 14.8. The van der Waals surface area contributed by atoms with E-state index >= 15 is 0 Å². The van der Waals surface area contributed by atoms with Gasteiger partial charge in [0.15, 0.2) is 17.3 Å². The van der Waals surface area contributed by atoms with Crippen LogP contribution in [0.3, 0.4) is 0 Å². The molecule has 1 saturated heterocycles. The highest BCUT2D eigenvalue weighted by Gasteiger charge is 2.26. The Balaban J connectivity index is 1.74. The van der Waals surface area contributed by atoms with Crippen molar-refractivity contribution in [2.45, 2.75) is 19.6 Å². The van der Waals surface area contributed by atoms with Crippen LogP contribution in [0.2, 0.25) is 5.02 Å². The number of ether oxygens (including phenoxy) is 3. The molecule has 2 heterocycles. The maximum atomic E-state index is 6.48. The monoisotopic (exact) mass is 352 g/mol. The number of aromatic amines is 1. The Labute approximate surface area is 145 Å². The van der Waals surface area contributed by atoms with Gasteiger partial charge in [0.1, 0.15) is 11.9 Å². The zero-order chi connectivity index (χ0) is 17.1. The molecule has 0 radical (unpaired) electrons. The van der Waals surface area contributed by atoms with E-state index in [4.69, 9.17) is 25.8 Å².